The molecule has 13 heavy (non-hydrogen) atoms. The smallest absolute Gasteiger partial charge is 0.187 e. The Morgan fingerprint density at radius 1 is 1.54 bits per heavy atom. The minimum absolute atomic E-state index is 0.658. The van der Waals surface area contributed by atoms with Crippen molar-refractivity contribution in [2.24, 2.45) is 7.05 Å². The minimum Gasteiger partial charge on any atom is -0.309 e. The van der Waals surface area contributed by atoms with Gasteiger partial charge in [-0.1, -0.05) is 0 Å². The van der Waals surface area contributed by atoms with Gasteiger partial charge in [0, 0.05) is 13.5 Å². The summed E-state index contributed by atoms with van der Waals surface area (Å²) in [4.78, 5) is 0. The molecule has 0 aromatic carbocycles. The van der Waals surface area contributed by atoms with Gasteiger partial charge in [-0.25, -0.2) is 0 Å². The zero-order valence-corrected chi connectivity index (χ0v) is 8.85. The molecule has 0 N–H and O–H groups in total. The average Bonchev–Trinajstić information content (AvgIpc) is 2.71. The van der Waals surface area contributed by atoms with E-state index in [-0.39, 0.29) is 0 Å². The number of aromatic nitrogens is 3. The predicted molar refractivity (Wildman–Crippen MR) is 55.4 cm³/mol. The van der Waals surface area contributed by atoms with Crippen LogP contribution in [0.4, 0.5) is 0 Å². The first-order chi connectivity index (χ1) is 6.27. The molecule has 0 radical (unpaired) electrons. The van der Waals surface area contributed by atoms with Gasteiger partial charge in [0.25, 0.3) is 0 Å². The molecule has 0 bridgehead atoms. The lowest BCUT2D eigenvalue weighted by Gasteiger charge is -1.98. The summed E-state index contributed by atoms with van der Waals surface area (Å²) >= 11 is 5.86. The second kappa shape index (κ2) is 3.51. The van der Waals surface area contributed by atoms with Crippen molar-refractivity contribution in [2.45, 2.75) is 11.6 Å². The van der Waals surface area contributed by atoms with E-state index in [1.54, 1.807) is 11.3 Å². The molecule has 0 unspecified atom stereocenters. The third-order valence-corrected chi connectivity index (χ3v) is 3.01. The van der Waals surface area contributed by atoms with Gasteiger partial charge in [-0.2, -0.15) is 11.3 Å². The summed E-state index contributed by atoms with van der Waals surface area (Å²) < 4.78 is 1.89. The minimum atomic E-state index is 0.658. The first kappa shape index (κ1) is 8.77. The molecule has 0 aliphatic heterocycles. The zero-order valence-electron chi connectivity index (χ0n) is 7.14. The van der Waals surface area contributed by atoms with Crippen LogP contribution in [0.1, 0.15) is 11.4 Å². The van der Waals surface area contributed by atoms with Crippen LogP contribution in [0.3, 0.4) is 0 Å². The van der Waals surface area contributed by atoms with Crippen molar-refractivity contribution < 1.29 is 0 Å². The van der Waals surface area contributed by atoms with E-state index in [0.29, 0.717) is 5.16 Å². The lowest BCUT2D eigenvalue weighted by Crippen LogP contribution is -1.98. The van der Waals surface area contributed by atoms with Gasteiger partial charge >= 0.3 is 0 Å². The quantitative estimate of drug-likeness (QED) is 0.767. The van der Waals surface area contributed by atoms with Crippen molar-refractivity contribution in [1.82, 2.24) is 14.8 Å². The van der Waals surface area contributed by atoms with Crippen LogP contribution < -0.4 is 0 Å². The third-order valence-electron chi connectivity index (χ3n) is 1.88. The number of rotatable bonds is 2. The van der Waals surface area contributed by atoms with Crippen LogP contribution in [0.5, 0.6) is 0 Å². The van der Waals surface area contributed by atoms with Crippen LogP contribution in [-0.4, -0.2) is 14.8 Å². The molecule has 2 aromatic heterocycles. The molecule has 0 saturated heterocycles. The highest BCUT2D eigenvalue weighted by atomic mass is 32.1. The Balaban J connectivity index is 2.24. The van der Waals surface area contributed by atoms with Crippen molar-refractivity contribution >= 4 is 24.0 Å². The maximum Gasteiger partial charge on any atom is 0.187 e. The van der Waals surface area contributed by atoms with Gasteiger partial charge in [0.1, 0.15) is 5.82 Å². The molecule has 3 nitrogen and oxygen atoms in total. The number of hydrogen-bond acceptors (Lipinski definition) is 4. The first-order valence-electron chi connectivity index (χ1n) is 3.85. The van der Waals surface area contributed by atoms with Crippen LogP contribution in [0.2, 0.25) is 0 Å². The summed E-state index contributed by atoms with van der Waals surface area (Å²) in [7, 11) is 1.92. The molecule has 68 valence electrons. The van der Waals surface area contributed by atoms with Crippen molar-refractivity contribution in [3.63, 3.8) is 0 Å². The standard InChI is InChI=1S/C8H9N3S2/c1-11-7(9-10-8(11)12)4-6-2-3-13-5-6/h2-3,5H,4H2,1H3,(H,10,12). The van der Waals surface area contributed by atoms with Crippen molar-refractivity contribution in [3.05, 3.63) is 28.2 Å². The lowest BCUT2D eigenvalue weighted by molar-refractivity contribution is 0.752. The molecule has 0 aliphatic rings. The summed E-state index contributed by atoms with van der Waals surface area (Å²) in [6.45, 7) is 0. The van der Waals surface area contributed by atoms with Crippen molar-refractivity contribution in [1.29, 1.82) is 0 Å². The van der Waals surface area contributed by atoms with Crippen molar-refractivity contribution in [3.8, 4) is 0 Å². The fraction of sp³-hybridized carbons (Fsp3) is 0.250. The topological polar surface area (TPSA) is 30.7 Å². The van der Waals surface area contributed by atoms with E-state index in [1.165, 1.54) is 5.56 Å². The van der Waals surface area contributed by atoms with Gasteiger partial charge in [0.15, 0.2) is 5.16 Å². The van der Waals surface area contributed by atoms with Gasteiger partial charge in [-0.05, 0) is 22.4 Å². The molecule has 2 rings (SSSR count). The molecule has 0 aliphatic carbocycles. The summed E-state index contributed by atoms with van der Waals surface area (Å²) in [5, 5.41) is 12.7. The van der Waals surface area contributed by atoms with Crippen LogP contribution in [0.25, 0.3) is 0 Å². The average molecular weight is 211 g/mol. The van der Waals surface area contributed by atoms with Gasteiger partial charge in [-0.3, -0.25) is 0 Å². The highest BCUT2D eigenvalue weighted by Crippen LogP contribution is 2.12. The Morgan fingerprint density at radius 3 is 2.92 bits per heavy atom. The largest absolute Gasteiger partial charge is 0.309 e. The summed E-state index contributed by atoms with van der Waals surface area (Å²) in [6.07, 6.45) is 0.827. The Bertz CT molecular complexity index is 391. The van der Waals surface area contributed by atoms with Gasteiger partial charge < -0.3 is 4.57 Å². The van der Waals surface area contributed by atoms with E-state index >= 15 is 0 Å². The molecule has 2 heterocycles. The van der Waals surface area contributed by atoms with E-state index in [9.17, 15) is 0 Å². The highest BCUT2D eigenvalue weighted by molar-refractivity contribution is 7.80. The van der Waals surface area contributed by atoms with Gasteiger partial charge in [-0.15, -0.1) is 22.8 Å². The molecule has 0 atom stereocenters. The van der Waals surface area contributed by atoms with Crippen LogP contribution >= 0.6 is 24.0 Å². The summed E-state index contributed by atoms with van der Waals surface area (Å²) in [6, 6.07) is 2.09. The van der Waals surface area contributed by atoms with E-state index in [1.807, 2.05) is 11.6 Å². The highest BCUT2D eigenvalue weighted by Gasteiger charge is 2.05. The van der Waals surface area contributed by atoms with E-state index in [0.717, 1.165) is 12.2 Å². The normalized spacial score (nSPS) is 10.6. The fourth-order valence-corrected chi connectivity index (χ4v) is 1.91. The second-order valence-corrected chi connectivity index (χ2v) is 3.96. The maximum absolute atomic E-state index is 4.16. The summed E-state index contributed by atoms with van der Waals surface area (Å²) in [5.41, 5.74) is 1.27. The Kier molecular flexibility index (Phi) is 2.37. The molecule has 0 spiro atoms. The second-order valence-electron chi connectivity index (χ2n) is 2.78. The zero-order chi connectivity index (χ0) is 9.26. The number of nitrogens with zero attached hydrogens (tertiary/aromatic N) is 3. The lowest BCUT2D eigenvalue weighted by atomic mass is 10.2. The number of thiophene rings is 1. The molecular formula is C8H9N3S2. The van der Waals surface area contributed by atoms with E-state index in [2.05, 4.69) is 39.7 Å². The predicted octanol–water partition coefficient (Wildman–Crippen LogP) is 1.76. The molecule has 5 heteroatoms. The maximum atomic E-state index is 4.16. The molecular weight excluding hydrogens is 202 g/mol. The van der Waals surface area contributed by atoms with Crippen LogP contribution in [0, 0.1) is 0 Å². The summed E-state index contributed by atoms with van der Waals surface area (Å²) in [5.74, 6) is 0.948. The Hall–Kier alpha value is -0.810. The van der Waals surface area contributed by atoms with Crippen molar-refractivity contribution in [2.75, 3.05) is 0 Å². The SMILES string of the molecule is Cn1c(S)nnc1Cc1ccsc1. The molecule has 0 saturated carbocycles. The number of hydrogen-bond donors (Lipinski definition) is 1. The van der Waals surface area contributed by atoms with E-state index in [4.69, 9.17) is 0 Å². The monoisotopic (exact) mass is 211 g/mol. The number of thiol groups is 1. The Labute approximate surface area is 85.8 Å². The van der Waals surface area contributed by atoms with Crippen LogP contribution in [-0.2, 0) is 13.5 Å². The van der Waals surface area contributed by atoms with Gasteiger partial charge in [0.2, 0.25) is 0 Å². The van der Waals surface area contributed by atoms with Crippen LogP contribution in [0.15, 0.2) is 22.0 Å². The molecule has 2 aromatic rings. The first-order valence-corrected chi connectivity index (χ1v) is 5.24. The Morgan fingerprint density at radius 2 is 2.38 bits per heavy atom. The van der Waals surface area contributed by atoms with E-state index < -0.39 is 0 Å². The van der Waals surface area contributed by atoms with Gasteiger partial charge in [0.05, 0.1) is 0 Å². The fourth-order valence-electron chi connectivity index (χ4n) is 1.08. The molecule has 0 amide bonds. The third kappa shape index (κ3) is 1.76. The molecule has 0 fully saturated rings.